The van der Waals surface area contributed by atoms with Crippen molar-refractivity contribution in [1.82, 2.24) is 4.98 Å². The van der Waals surface area contributed by atoms with Gasteiger partial charge in [-0.2, -0.15) is 0 Å². The van der Waals surface area contributed by atoms with Crippen molar-refractivity contribution in [3.8, 4) is 5.75 Å². The Labute approximate surface area is 167 Å². The van der Waals surface area contributed by atoms with Gasteiger partial charge in [0, 0.05) is 18.4 Å². The largest absolute Gasteiger partial charge is 0.495 e. The fourth-order valence-electron chi connectivity index (χ4n) is 2.54. The molecule has 2 aromatic carbocycles. The highest BCUT2D eigenvalue weighted by Crippen LogP contribution is 2.29. The summed E-state index contributed by atoms with van der Waals surface area (Å²) in [7, 11) is 1.55. The van der Waals surface area contributed by atoms with Gasteiger partial charge in [-0.25, -0.2) is 4.98 Å². The number of rotatable bonds is 6. The molecule has 3 rings (SSSR count). The zero-order chi connectivity index (χ0) is 19.9. The Balaban J connectivity index is 1.73. The third-order valence-electron chi connectivity index (χ3n) is 3.80. The van der Waals surface area contributed by atoms with Crippen molar-refractivity contribution in [3.05, 3.63) is 71.7 Å². The van der Waals surface area contributed by atoms with Gasteiger partial charge in [-0.3, -0.25) is 14.5 Å². The van der Waals surface area contributed by atoms with Crippen LogP contribution in [0.25, 0.3) is 6.08 Å². The number of carbonyl (C=O) groups excluding carboxylic acids is 2. The van der Waals surface area contributed by atoms with E-state index >= 15 is 0 Å². The van der Waals surface area contributed by atoms with Gasteiger partial charge in [0.1, 0.15) is 5.75 Å². The second-order valence-corrected chi connectivity index (χ2v) is 6.60. The number of para-hydroxylation sites is 3. The quantitative estimate of drug-likeness (QED) is 0.627. The molecular weight excluding hydrogens is 374 g/mol. The third-order valence-corrected chi connectivity index (χ3v) is 4.64. The lowest BCUT2D eigenvalue weighted by Gasteiger charge is -2.17. The number of ether oxygens (including phenoxy) is 1. The van der Waals surface area contributed by atoms with Gasteiger partial charge in [0.25, 0.3) is 0 Å². The average molecular weight is 393 g/mol. The van der Waals surface area contributed by atoms with Gasteiger partial charge < -0.3 is 10.1 Å². The van der Waals surface area contributed by atoms with Crippen molar-refractivity contribution in [1.29, 1.82) is 0 Å². The molecule has 0 unspecified atom stereocenters. The number of hydrogen-bond acceptors (Lipinski definition) is 5. The van der Waals surface area contributed by atoms with E-state index in [1.165, 1.54) is 29.2 Å². The van der Waals surface area contributed by atoms with Gasteiger partial charge in [-0.05, 0) is 30.3 Å². The van der Waals surface area contributed by atoms with E-state index in [1.807, 2.05) is 42.5 Å². The SMILES string of the molecule is COc1ccccc1NC(=O)/C=C/c1csc(N(C(C)=O)c2ccccc2)n1. The summed E-state index contributed by atoms with van der Waals surface area (Å²) < 4.78 is 5.22. The summed E-state index contributed by atoms with van der Waals surface area (Å²) in [5.41, 5.74) is 1.93. The maximum absolute atomic E-state index is 12.2. The molecule has 0 bridgehead atoms. The topological polar surface area (TPSA) is 71.5 Å². The number of hydrogen-bond donors (Lipinski definition) is 1. The molecule has 1 heterocycles. The summed E-state index contributed by atoms with van der Waals surface area (Å²) in [6.45, 7) is 1.49. The van der Waals surface area contributed by atoms with E-state index in [-0.39, 0.29) is 11.8 Å². The lowest BCUT2D eigenvalue weighted by molar-refractivity contribution is -0.116. The normalized spacial score (nSPS) is 10.6. The Bertz CT molecular complexity index is 999. The monoisotopic (exact) mass is 393 g/mol. The highest BCUT2D eigenvalue weighted by atomic mass is 32.1. The van der Waals surface area contributed by atoms with E-state index in [0.29, 0.717) is 22.3 Å². The van der Waals surface area contributed by atoms with Gasteiger partial charge >= 0.3 is 0 Å². The van der Waals surface area contributed by atoms with Crippen molar-refractivity contribution in [2.45, 2.75) is 6.92 Å². The number of methoxy groups -OCH3 is 1. The maximum atomic E-state index is 12.2. The summed E-state index contributed by atoms with van der Waals surface area (Å²) in [5.74, 6) is 0.149. The van der Waals surface area contributed by atoms with Crippen LogP contribution in [-0.2, 0) is 9.59 Å². The van der Waals surface area contributed by atoms with E-state index in [1.54, 1.807) is 30.7 Å². The summed E-state index contributed by atoms with van der Waals surface area (Å²) in [5, 5.41) is 5.10. The van der Waals surface area contributed by atoms with Crippen LogP contribution in [0, 0.1) is 0 Å². The molecule has 0 saturated heterocycles. The van der Waals surface area contributed by atoms with Crippen LogP contribution >= 0.6 is 11.3 Å². The number of benzene rings is 2. The van der Waals surface area contributed by atoms with Crippen molar-refractivity contribution in [2.24, 2.45) is 0 Å². The van der Waals surface area contributed by atoms with Crippen molar-refractivity contribution >= 4 is 45.7 Å². The molecule has 0 radical (unpaired) electrons. The van der Waals surface area contributed by atoms with Crippen LogP contribution in [0.4, 0.5) is 16.5 Å². The Morgan fingerprint density at radius 1 is 1.11 bits per heavy atom. The molecule has 0 aliphatic heterocycles. The molecule has 1 N–H and O–H groups in total. The molecule has 0 aliphatic rings. The van der Waals surface area contributed by atoms with Gasteiger partial charge in [-0.1, -0.05) is 30.3 Å². The van der Waals surface area contributed by atoms with Crippen molar-refractivity contribution in [2.75, 3.05) is 17.3 Å². The molecule has 0 saturated carbocycles. The van der Waals surface area contributed by atoms with Gasteiger partial charge in [0.2, 0.25) is 11.8 Å². The summed E-state index contributed by atoms with van der Waals surface area (Å²) in [6.07, 6.45) is 3.00. The predicted molar refractivity (Wildman–Crippen MR) is 112 cm³/mol. The number of aromatic nitrogens is 1. The van der Waals surface area contributed by atoms with Gasteiger partial charge in [0.05, 0.1) is 24.2 Å². The third kappa shape index (κ3) is 4.63. The van der Waals surface area contributed by atoms with E-state index in [0.717, 1.165) is 5.69 Å². The number of amides is 2. The molecule has 7 heteroatoms. The first-order valence-corrected chi connectivity index (χ1v) is 9.40. The summed E-state index contributed by atoms with van der Waals surface area (Å²) in [6, 6.07) is 16.5. The molecule has 1 aromatic heterocycles. The Morgan fingerprint density at radius 3 is 2.54 bits per heavy atom. The minimum atomic E-state index is -0.300. The molecule has 6 nitrogen and oxygen atoms in total. The molecule has 28 heavy (non-hydrogen) atoms. The Hall–Kier alpha value is -3.45. The smallest absolute Gasteiger partial charge is 0.248 e. The molecule has 0 spiro atoms. The van der Waals surface area contributed by atoms with E-state index in [4.69, 9.17) is 4.74 Å². The van der Waals surface area contributed by atoms with Crippen LogP contribution in [-0.4, -0.2) is 23.9 Å². The maximum Gasteiger partial charge on any atom is 0.248 e. The minimum absolute atomic E-state index is 0.134. The Morgan fingerprint density at radius 2 is 1.82 bits per heavy atom. The lowest BCUT2D eigenvalue weighted by Crippen LogP contribution is -2.22. The first-order chi connectivity index (χ1) is 13.6. The zero-order valence-corrected chi connectivity index (χ0v) is 16.3. The molecule has 0 atom stereocenters. The molecule has 2 amide bonds. The van der Waals surface area contributed by atoms with Gasteiger partial charge in [0.15, 0.2) is 5.13 Å². The number of nitrogens with zero attached hydrogens (tertiary/aromatic N) is 2. The number of carbonyl (C=O) groups is 2. The number of nitrogens with one attached hydrogen (secondary N) is 1. The van der Waals surface area contributed by atoms with E-state index < -0.39 is 0 Å². The number of thiazole rings is 1. The average Bonchev–Trinajstić information content (AvgIpc) is 3.16. The van der Waals surface area contributed by atoms with Crippen molar-refractivity contribution < 1.29 is 14.3 Å². The van der Waals surface area contributed by atoms with Crippen LogP contribution in [0.15, 0.2) is 66.1 Å². The number of anilines is 3. The highest BCUT2D eigenvalue weighted by molar-refractivity contribution is 7.14. The van der Waals surface area contributed by atoms with Crippen molar-refractivity contribution in [3.63, 3.8) is 0 Å². The summed E-state index contributed by atoms with van der Waals surface area (Å²) >= 11 is 1.33. The van der Waals surface area contributed by atoms with E-state index in [2.05, 4.69) is 10.3 Å². The second-order valence-electron chi connectivity index (χ2n) is 5.77. The molecule has 142 valence electrons. The first-order valence-electron chi connectivity index (χ1n) is 8.52. The van der Waals surface area contributed by atoms with Crippen LogP contribution in [0.3, 0.4) is 0 Å². The standard InChI is InChI=1S/C21H19N3O3S/c1-15(25)24(17-8-4-3-5-9-17)21-22-16(14-28-21)12-13-20(26)23-18-10-6-7-11-19(18)27-2/h3-14H,1-2H3,(H,23,26)/b13-12+. The van der Waals surface area contributed by atoms with Crippen LogP contribution in [0.5, 0.6) is 5.75 Å². The van der Waals surface area contributed by atoms with Crippen LogP contribution in [0.1, 0.15) is 12.6 Å². The van der Waals surface area contributed by atoms with Crippen LogP contribution < -0.4 is 15.0 Å². The molecule has 3 aromatic rings. The van der Waals surface area contributed by atoms with E-state index in [9.17, 15) is 9.59 Å². The zero-order valence-electron chi connectivity index (χ0n) is 15.5. The van der Waals surface area contributed by atoms with Gasteiger partial charge in [-0.15, -0.1) is 11.3 Å². The molecule has 0 fully saturated rings. The molecular formula is C21H19N3O3S. The highest BCUT2D eigenvalue weighted by Gasteiger charge is 2.17. The lowest BCUT2D eigenvalue weighted by atomic mass is 10.3. The summed E-state index contributed by atoms with van der Waals surface area (Å²) in [4.78, 5) is 30.3. The second kappa shape index (κ2) is 8.96. The Kier molecular flexibility index (Phi) is 6.18. The predicted octanol–water partition coefficient (Wildman–Crippen LogP) is 4.49. The molecule has 0 aliphatic carbocycles. The fraction of sp³-hybridized carbons (Fsp3) is 0.0952. The van der Waals surface area contributed by atoms with Crippen LogP contribution in [0.2, 0.25) is 0 Å². The minimum Gasteiger partial charge on any atom is -0.495 e. The fourth-order valence-corrected chi connectivity index (χ4v) is 3.40. The first kappa shape index (κ1) is 19.3.